The quantitative estimate of drug-likeness (QED) is 0.0759. The Labute approximate surface area is 410 Å². The molecule has 0 aromatic heterocycles. The molecular weight excluding hydrogens is 897 g/mol. The van der Waals surface area contributed by atoms with Crippen molar-refractivity contribution in [1.29, 1.82) is 0 Å². The van der Waals surface area contributed by atoms with Gasteiger partial charge in [-0.1, -0.05) is 51.1 Å². The van der Waals surface area contributed by atoms with E-state index in [2.05, 4.69) is 17.0 Å². The van der Waals surface area contributed by atoms with E-state index in [0.717, 1.165) is 25.8 Å². The zero-order valence-corrected chi connectivity index (χ0v) is 43.4. The highest BCUT2D eigenvalue weighted by atomic mass is 16.7. The van der Waals surface area contributed by atoms with Gasteiger partial charge in [-0.05, 0) is 97.8 Å². The Morgan fingerprint density at radius 3 is 2.17 bits per heavy atom. The average Bonchev–Trinajstić information content (AvgIpc) is 3.30. The number of β-amino-alcohol motifs (C(OH)–C–C–N with tert-alkyl or cyclic N) is 1. The molecule has 3 fully saturated rings. The fourth-order valence-corrected chi connectivity index (χ4v) is 9.96. The van der Waals surface area contributed by atoms with Gasteiger partial charge in [0.05, 0.1) is 36.9 Å². The summed E-state index contributed by atoms with van der Waals surface area (Å²) in [6.45, 7) is 13.9. The second-order valence-electron chi connectivity index (χ2n) is 19.7. The first-order chi connectivity index (χ1) is 32.7. The Balaban J connectivity index is 1.70. The Morgan fingerprint density at radius 1 is 0.899 bits per heavy atom. The van der Waals surface area contributed by atoms with Crippen LogP contribution in [0.2, 0.25) is 0 Å². The van der Waals surface area contributed by atoms with Crippen LogP contribution < -0.4 is 0 Å². The number of hydrogen-bond donors (Lipinski definition) is 3. The number of unbranched alkanes of at least 4 members (excludes halogenated alkanes) is 1. The molecule has 3 aliphatic heterocycles. The summed E-state index contributed by atoms with van der Waals surface area (Å²) in [5.74, 6) is -2.55. The monoisotopic (exact) mass is 983 g/mol. The highest BCUT2D eigenvalue weighted by molar-refractivity contribution is 5.72. The Kier molecular flexibility index (Phi) is 24.2. The second kappa shape index (κ2) is 28.4. The number of ether oxygens (including phenoxy) is 10. The Morgan fingerprint density at radius 2 is 1.57 bits per heavy atom. The van der Waals surface area contributed by atoms with Crippen LogP contribution in [0, 0.1) is 11.8 Å². The normalized spacial score (nSPS) is 35.8. The summed E-state index contributed by atoms with van der Waals surface area (Å²) in [5, 5.41) is 35.9. The van der Waals surface area contributed by atoms with Gasteiger partial charge >= 0.3 is 17.9 Å². The van der Waals surface area contributed by atoms with Crippen LogP contribution in [0.4, 0.5) is 0 Å². The van der Waals surface area contributed by atoms with Gasteiger partial charge in [0.25, 0.3) is 0 Å². The minimum atomic E-state index is -1.49. The van der Waals surface area contributed by atoms with Gasteiger partial charge in [-0.2, -0.15) is 0 Å². The molecule has 0 saturated carbocycles. The first-order valence-corrected chi connectivity index (χ1v) is 25.0. The van der Waals surface area contributed by atoms with Gasteiger partial charge in [0.2, 0.25) is 0 Å². The van der Waals surface area contributed by atoms with Crippen molar-refractivity contribution in [2.24, 2.45) is 11.8 Å². The van der Waals surface area contributed by atoms with E-state index in [1.165, 1.54) is 26.9 Å². The van der Waals surface area contributed by atoms with Crippen LogP contribution in [-0.2, 0) is 68.2 Å². The van der Waals surface area contributed by atoms with Crippen LogP contribution in [0.15, 0.2) is 30.3 Å². The molecule has 1 aromatic rings. The number of carbonyl (C=O) groups excluding carboxylic acids is 3. The highest BCUT2D eigenvalue weighted by Crippen LogP contribution is 2.38. The van der Waals surface area contributed by atoms with E-state index >= 15 is 0 Å². The molecule has 16 atom stereocenters. The van der Waals surface area contributed by atoms with Crippen molar-refractivity contribution in [3.63, 3.8) is 0 Å². The standard InChI is InChI=1S/C51H86N2O16/c1-13-39(55)66-38-28-41(57)63-32(4)23-25-53(24-19-18-22-35-20-16-15-17-21-35)30-37(54)31(3)26-36(27-42(60-10)61-11)47(48(38)62-12)69-50-45(58)44(52(8)9)46(33(5)65-50)68-43-29-51(7,59)49(34(6)64-43)67-40(56)14-2/h15-17,20-21,31-34,36-38,42-50,54,58-59H,13-14,18-19,22-30H2,1-12H3/t31-,32-,33-,34+,36-,37+,38-,43+,44-,45-,46-,47+,48+,49+,50+,51-/m1/s1. The molecule has 3 saturated heterocycles. The average molecular weight is 983 g/mol. The number of aliphatic hydroxyl groups excluding tert-OH is 2. The van der Waals surface area contributed by atoms with Gasteiger partial charge in [-0.15, -0.1) is 0 Å². The number of hydrogen-bond acceptors (Lipinski definition) is 18. The van der Waals surface area contributed by atoms with Gasteiger partial charge in [-0.25, -0.2) is 0 Å². The minimum Gasteiger partial charge on any atom is -0.463 e. The van der Waals surface area contributed by atoms with Crippen molar-refractivity contribution >= 4 is 17.9 Å². The highest BCUT2D eigenvalue weighted by Gasteiger charge is 2.53. The predicted molar refractivity (Wildman–Crippen MR) is 255 cm³/mol. The lowest BCUT2D eigenvalue weighted by atomic mass is 9.82. The lowest BCUT2D eigenvalue weighted by Gasteiger charge is -2.50. The maximum absolute atomic E-state index is 13.9. The molecule has 0 bridgehead atoms. The third-order valence-corrected chi connectivity index (χ3v) is 13.9. The SMILES string of the molecule is CCC(=O)O[C@@H]1CC(=O)O[C@H](C)CCN(CCCCc2ccccc2)C[C@H](O)[C@H](C)C[C@H](CC(OC)OC)[C@H](O[C@@H]2O[C@H](C)[C@@H](O[C@H]3C[C@@](C)(O)[C@@H](OC(=O)CC)[C@H](C)O3)[C@H](N(C)C)[C@H]2O)[C@H]1OC. The first kappa shape index (κ1) is 58.7. The number of esters is 3. The van der Waals surface area contributed by atoms with Crippen molar-refractivity contribution in [3.05, 3.63) is 35.9 Å². The lowest BCUT2D eigenvalue weighted by Crippen LogP contribution is -2.66. The summed E-state index contributed by atoms with van der Waals surface area (Å²) in [7, 11) is 8.05. The van der Waals surface area contributed by atoms with Crippen LogP contribution in [0.3, 0.4) is 0 Å². The molecule has 3 N–H and O–H groups in total. The molecule has 0 aliphatic carbocycles. The number of likely N-dealkylation sites (N-methyl/N-ethyl adjacent to an activating group) is 1. The molecule has 3 heterocycles. The molecule has 0 unspecified atom stereocenters. The van der Waals surface area contributed by atoms with Crippen LogP contribution in [0.25, 0.3) is 0 Å². The van der Waals surface area contributed by atoms with Gasteiger partial charge in [0.1, 0.15) is 36.1 Å². The van der Waals surface area contributed by atoms with E-state index in [1.807, 2.05) is 32.0 Å². The van der Waals surface area contributed by atoms with Gasteiger partial charge in [-0.3, -0.25) is 14.4 Å². The first-order valence-electron chi connectivity index (χ1n) is 25.0. The molecule has 1 aromatic carbocycles. The predicted octanol–water partition coefficient (Wildman–Crippen LogP) is 4.40. The fourth-order valence-electron chi connectivity index (χ4n) is 9.96. The molecule has 0 amide bonds. The summed E-state index contributed by atoms with van der Waals surface area (Å²) >= 11 is 0. The number of aryl methyl sites for hydroxylation is 1. The topological polar surface area (TPSA) is 211 Å². The molecule has 4 rings (SSSR count). The third kappa shape index (κ3) is 17.4. The van der Waals surface area contributed by atoms with Crippen LogP contribution in [-0.4, -0.2) is 190 Å². The number of nitrogens with zero attached hydrogens (tertiary/aromatic N) is 2. The maximum atomic E-state index is 13.9. The smallest absolute Gasteiger partial charge is 0.309 e. The van der Waals surface area contributed by atoms with Crippen molar-refractivity contribution in [3.8, 4) is 0 Å². The largest absolute Gasteiger partial charge is 0.463 e. The zero-order chi connectivity index (χ0) is 51.0. The van der Waals surface area contributed by atoms with Gasteiger partial charge in [0, 0.05) is 60.1 Å². The number of rotatable bonds is 19. The summed E-state index contributed by atoms with van der Waals surface area (Å²) in [5.41, 5.74) is -0.221. The van der Waals surface area contributed by atoms with E-state index < -0.39 is 115 Å². The number of cyclic esters (lactones) is 1. The Hall–Kier alpha value is -2.85. The molecule has 18 nitrogen and oxygen atoms in total. The van der Waals surface area contributed by atoms with E-state index in [9.17, 15) is 29.7 Å². The molecule has 69 heavy (non-hydrogen) atoms. The van der Waals surface area contributed by atoms with E-state index in [1.54, 1.807) is 53.6 Å². The molecular formula is C51H86N2O16. The zero-order valence-electron chi connectivity index (χ0n) is 43.4. The summed E-state index contributed by atoms with van der Waals surface area (Å²) in [6.07, 6.45) is -8.73. The number of methoxy groups -OCH3 is 3. The van der Waals surface area contributed by atoms with Crippen LogP contribution in [0.5, 0.6) is 0 Å². The fraction of sp³-hybridized carbons (Fsp3) is 0.824. The van der Waals surface area contributed by atoms with Crippen molar-refractivity contribution in [1.82, 2.24) is 9.80 Å². The van der Waals surface area contributed by atoms with Crippen molar-refractivity contribution in [2.75, 3.05) is 55.1 Å². The summed E-state index contributed by atoms with van der Waals surface area (Å²) in [4.78, 5) is 43.3. The van der Waals surface area contributed by atoms with Crippen molar-refractivity contribution < 1.29 is 77.1 Å². The van der Waals surface area contributed by atoms with E-state index in [-0.39, 0.29) is 38.0 Å². The van der Waals surface area contributed by atoms with Gasteiger partial charge in [0.15, 0.2) is 25.0 Å². The number of benzene rings is 1. The molecule has 3 aliphatic rings. The summed E-state index contributed by atoms with van der Waals surface area (Å²) in [6, 6.07) is 9.57. The van der Waals surface area contributed by atoms with E-state index in [4.69, 9.17) is 47.4 Å². The molecule has 0 spiro atoms. The second-order valence-corrected chi connectivity index (χ2v) is 19.7. The van der Waals surface area contributed by atoms with E-state index in [0.29, 0.717) is 25.9 Å². The number of carbonyl (C=O) groups is 3. The van der Waals surface area contributed by atoms with Crippen LogP contribution in [0.1, 0.15) is 112 Å². The lowest BCUT2D eigenvalue weighted by molar-refractivity contribution is -0.345. The summed E-state index contributed by atoms with van der Waals surface area (Å²) < 4.78 is 61.6. The van der Waals surface area contributed by atoms with Crippen molar-refractivity contribution in [2.45, 2.75) is 204 Å². The van der Waals surface area contributed by atoms with Gasteiger partial charge < -0.3 is 72.5 Å². The molecule has 396 valence electrons. The molecule has 18 heteroatoms. The number of aliphatic hydroxyl groups is 3. The van der Waals surface area contributed by atoms with Crippen LogP contribution >= 0.6 is 0 Å². The minimum absolute atomic E-state index is 0.0184. The Bertz CT molecular complexity index is 1670. The third-order valence-electron chi connectivity index (χ3n) is 13.9. The maximum Gasteiger partial charge on any atom is 0.309 e. The molecule has 0 radical (unpaired) electrons.